The zero-order valence-corrected chi connectivity index (χ0v) is 25.7. The monoisotopic (exact) mass is 602 g/mol. The molecule has 0 saturated heterocycles. The molecule has 1 heterocycles. The third-order valence-electron chi connectivity index (χ3n) is 7.97. The largest absolute Gasteiger partial charge is 0.436 e. The molecule has 0 amide bonds. The molecule has 3 aromatic rings. The average molecular weight is 603 g/mol. The molecule has 0 aromatic heterocycles. The van der Waals surface area contributed by atoms with Gasteiger partial charge in [0, 0.05) is 27.7 Å². The number of esters is 2. The highest BCUT2D eigenvalue weighted by Gasteiger charge is 2.42. The van der Waals surface area contributed by atoms with Crippen molar-refractivity contribution in [2.24, 2.45) is 5.41 Å². The Labute approximate surface area is 256 Å². The summed E-state index contributed by atoms with van der Waals surface area (Å²) >= 11 is 0. The van der Waals surface area contributed by atoms with Crippen LogP contribution in [0.25, 0.3) is 16.7 Å². The summed E-state index contributed by atoms with van der Waals surface area (Å²) in [5, 5.41) is 0.512. The van der Waals surface area contributed by atoms with Gasteiger partial charge in [-0.1, -0.05) is 92.9 Å². The molecule has 2 unspecified atom stereocenters. The van der Waals surface area contributed by atoms with Crippen molar-refractivity contribution >= 4 is 35.5 Å². The second kappa shape index (κ2) is 11.0. The van der Waals surface area contributed by atoms with Crippen LogP contribution in [0.3, 0.4) is 0 Å². The molecule has 0 spiro atoms. The van der Waals surface area contributed by atoms with E-state index in [4.69, 9.17) is 14.0 Å². The van der Waals surface area contributed by atoms with E-state index in [-0.39, 0.29) is 33.4 Å². The molecule has 6 nitrogen and oxygen atoms in total. The fourth-order valence-electron chi connectivity index (χ4n) is 5.64. The second-order valence-electron chi connectivity index (χ2n) is 11.4. The van der Waals surface area contributed by atoms with Gasteiger partial charge in [0.25, 0.3) is 0 Å². The van der Waals surface area contributed by atoms with Gasteiger partial charge in [0.15, 0.2) is 0 Å². The molecular formula is C37H31O6P. The van der Waals surface area contributed by atoms with Crippen LogP contribution in [-0.2, 0) is 14.2 Å². The van der Waals surface area contributed by atoms with E-state index in [1.165, 1.54) is 13.0 Å². The lowest BCUT2D eigenvalue weighted by atomic mass is 9.70. The van der Waals surface area contributed by atoms with Crippen molar-refractivity contribution in [3.8, 4) is 28.4 Å². The number of allylic oxidation sites excluding steroid dienone is 8. The van der Waals surface area contributed by atoms with Gasteiger partial charge in [0.1, 0.15) is 17.2 Å². The van der Waals surface area contributed by atoms with Crippen LogP contribution < -0.4 is 24.6 Å². The summed E-state index contributed by atoms with van der Waals surface area (Å²) in [5.74, 6) is -0.762. The summed E-state index contributed by atoms with van der Waals surface area (Å²) in [7, 11) is -3.99. The first kappa shape index (κ1) is 29.2. The maximum atomic E-state index is 15.3. The van der Waals surface area contributed by atoms with Gasteiger partial charge >= 0.3 is 19.3 Å². The van der Waals surface area contributed by atoms with Gasteiger partial charge in [0.2, 0.25) is 0 Å². The Balaban J connectivity index is 1.66. The van der Waals surface area contributed by atoms with Crippen molar-refractivity contribution in [3.05, 3.63) is 133 Å². The van der Waals surface area contributed by atoms with Crippen LogP contribution in [0.4, 0.5) is 0 Å². The third-order valence-corrected chi connectivity index (χ3v) is 10.4. The molecule has 1 aliphatic heterocycles. The highest BCUT2D eigenvalue weighted by Crippen LogP contribution is 2.56. The van der Waals surface area contributed by atoms with Crippen molar-refractivity contribution in [1.29, 1.82) is 0 Å². The average Bonchev–Trinajstić information content (AvgIpc) is 3.01. The first-order chi connectivity index (χ1) is 21.0. The topological polar surface area (TPSA) is 78.9 Å². The number of para-hydroxylation sites is 1. The molecule has 0 saturated carbocycles. The highest BCUT2D eigenvalue weighted by atomic mass is 31.2. The van der Waals surface area contributed by atoms with Crippen molar-refractivity contribution in [1.82, 2.24) is 0 Å². The van der Waals surface area contributed by atoms with Crippen LogP contribution in [0.1, 0.15) is 32.8 Å². The molecule has 7 heteroatoms. The number of fused-ring (bicyclic) bond motifs is 4. The van der Waals surface area contributed by atoms with E-state index in [1.807, 2.05) is 48.6 Å². The van der Waals surface area contributed by atoms with Gasteiger partial charge in [0.05, 0.1) is 10.6 Å². The minimum absolute atomic E-state index is 0.0183. The minimum Gasteiger partial charge on any atom is -0.436 e. The Morgan fingerprint density at radius 2 is 1.48 bits per heavy atom. The molecular weight excluding hydrogens is 571 g/mol. The summed E-state index contributed by atoms with van der Waals surface area (Å²) in [4.78, 5) is 26.0. The Kier molecular flexibility index (Phi) is 7.27. The molecule has 3 aliphatic rings. The Morgan fingerprint density at radius 3 is 2.20 bits per heavy atom. The van der Waals surface area contributed by atoms with Gasteiger partial charge in [-0.3, -0.25) is 4.57 Å². The van der Waals surface area contributed by atoms with Gasteiger partial charge in [-0.05, 0) is 61.2 Å². The number of ether oxygens (including phenoxy) is 2. The van der Waals surface area contributed by atoms with Crippen LogP contribution in [0.2, 0.25) is 0 Å². The molecule has 2 atom stereocenters. The van der Waals surface area contributed by atoms with Gasteiger partial charge in [-0.25, -0.2) is 9.59 Å². The zero-order valence-electron chi connectivity index (χ0n) is 24.8. The lowest BCUT2D eigenvalue weighted by Gasteiger charge is -2.34. The van der Waals surface area contributed by atoms with Crippen molar-refractivity contribution < 1.29 is 28.2 Å². The van der Waals surface area contributed by atoms with E-state index in [0.29, 0.717) is 16.6 Å². The summed E-state index contributed by atoms with van der Waals surface area (Å²) in [6.07, 6.45) is 12.9. The fourth-order valence-corrected chi connectivity index (χ4v) is 8.02. The molecule has 3 aromatic carbocycles. The summed E-state index contributed by atoms with van der Waals surface area (Å²) in [6, 6.07) is 17.7. The van der Waals surface area contributed by atoms with E-state index in [9.17, 15) is 9.59 Å². The molecule has 0 bridgehead atoms. The number of carbonyl (C=O) groups is 2. The van der Waals surface area contributed by atoms with Crippen LogP contribution in [0.15, 0.2) is 127 Å². The zero-order chi connectivity index (χ0) is 31.2. The maximum absolute atomic E-state index is 15.3. The van der Waals surface area contributed by atoms with Crippen LogP contribution in [-0.4, -0.2) is 11.9 Å². The van der Waals surface area contributed by atoms with Gasteiger partial charge in [-0.15, -0.1) is 0 Å². The predicted molar refractivity (Wildman–Crippen MR) is 174 cm³/mol. The molecule has 2 aliphatic carbocycles. The van der Waals surface area contributed by atoms with E-state index >= 15 is 4.57 Å². The van der Waals surface area contributed by atoms with E-state index in [1.54, 1.807) is 37.3 Å². The molecule has 0 fully saturated rings. The molecule has 44 heavy (non-hydrogen) atoms. The number of hydrogen-bond acceptors (Lipinski definition) is 6. The smallest absolute Gasteiger partial charge is 0.338 e. The van der Waals surface area contributed by atoms with Crippen LogP contribution in [0, 0.1) is 5.41 Å². The third kappa shape index (κ3) is 4.91. The maximum Gasteiger partial charge on any atom is 0.338 e. The molecule has 0 N–H and O–H groups in total. The van der Waals surface area contributed by atoms with Gasteiger partial charge < -0.3 is 14.0 Å². The number of hydrogen-bond donors (Lipinski definition) is 0. The van der Waals surface area contributed by atoms with Crippen molar-refractivity contribution in [3.63, 3.8) is 0 Å². The Morgan fingerprint density at radius 1 is 0.818 bits per heavy atom. The predicted octanol–water partition coefficient (Wildman–Crippen LogP) is 7.78. The molecule has 220 valence electrons. The molecule has 0 radical (unpaired) electrons. The van der Waals surface area contributed by atoms with Gasteiger partial charge in [-0.2, -0.15) is 0 Å². The summed E-state index contributed by atoms with van der Waals surface area (Å²) in [6.45, 7) is 12.7. The molecule has 6 rings (SSSR count). The normalized spacial score (nSPS) is 21.0. The number of carbonyl (C=O) groups excluding carboxylic acids is 2. The van der Waals surface area contributed by atoms with E-state index < -0.39 is 19.3 Å². The fraction of sp³-hybridized carbons (Fsp3) is 0.135. The quantitative estimate of drug-likeness (QED) is 0.124. The van der Waals surface area contributed by atoms with Crippen molar-refractivity contribution in [2.75, 3.05) is 0 Å². The standard InChI is InChI=1S/C37H31O6P/c1-23(2)35(38)41-31-22-34(44(40)33-18-9-7-14-27(33)26-13-6-8-17-30(26)43-44)32(42-36(39)24(3)4)21-28(31)25-15-12-20-37(5)19-11-10-16-29(25)37/h6-19,21-22H,1,3,20H2,2,4-5H3. The van der Waals surface area contributed by atoms with E-state index in [2.05, 4.69) is 32.2 Å². The van der Waals surface area contributed by atoms with Crippen LogP contribution in [0.5, 0.6) is 17.2 Å². The number of benzene rings is 3. The van der Waals surface area contributed by atoms with Crippen LogP contribution >= 0.6 is 7.37 Å². The Hall–Kier alpha value is -4.93. The first-order valence-electron chi connectivity index (χ1n) is 14.2. The number of rotatable bonds is 6. The minimum atomic E-state index is -3.99. The lowest BCUT2D eigenvalue weighted by molar-refractivity contribution is -0.131. The lowest BCUT2D eigenvalue weighted by Crippen LogP contribution is -2.28. The van der Waals surface area contributed by atoms with Crippen molar-refractivity contribution in [2.45, 2.75) is 27.2 Å². The Bertz CT molecular complexity index is 1960. The highest BCUT2D eigenvalue weighted by molar-refractivity contribution is 7.75. The summed E-state index contributed by atoms with van der Waals surface area (Å²) < 4.78 is 33.5. The summed E-state index contributed by atoms with van der Waals surface area (Å²) in [5.41, 5.74) is 3.84. The van der Waals surface area contributed by atoms with E-state index in [0.717, 1.165) is 28.7 Å². The SMILES string of the molecule is C=C(C)C(=O)Oc1cc(P2(=O)Oc3ccccc3-c3ccccc32)c(OC(=O)C(=C)C)cc1C1=C2C=CC=CC2(C)CC=C1. The first-order valence-corrected chi connectivity index (χ1v) is 15.8. The second-order valence-corrected chi connectivity index (χ2v) is 13.6.